The Morgan fingerprint density at radius 1 is 0.702 bits per heavy atom. The monoisotopic (exact) mass is 771 g/mol. The van der Waals surface area contributed by atoms with Crippen LogP contribution in [0.1, 0.15) is 43.4 Å². The summed E-state index contributed by atoms with van der Waals surface area (Å²) in [4.78, 5) is 61.9. The third-order valence-corrected chi connectivity index (χ3v) is 12.0. The van der Waals surface area contributed by atoms with Gasteiger partial charge in [-0.25, -0.2) is 0 Å². The predicted molar refractivity (Wildman–Crippen MR) is 218 cm³/mol. The SMILES string of the molecule is CC(C)[C@H]1CNC(=O)C(=O)N1C[C@@H]1CCCN1CC(Cc1ccc(O)cc1)N1C[C@@H](Cc2ccc(O)cc2)N(CCc2ccc(-c3ccccc3)cc2)C(=O)C1=O. The maximum Gasteiger partial charge on any atom is 0.312 e. The molecule has 3 fully saturated rings. The first-order valence-electron chi connectivity index (χ1n) is 20.2. The van der Waals surface area contributed by atoms with Crippen molar-refractivity contribution in [3.63, 3.8) is 0 Å². The first-order chi connectivity index (χ1) is 27.5. The number of rotatable bonds is 14. The van der Waals surface area contributed by atoms with Crippen LogP contribution in [0.2, 0.25) is 0 Å². The zero-order valence-electron chi connectivity index (χ0n) is 32.8. The number of carbonyl (C=O) groups is 4. The lowest BCUT2D eigenvalue weighted by Gasteiger charge is -2.45. The van der Waals surface area contributed by atoms with Crippen LogP contribution in [0.5, 0.6) is 11.5 Å². The molecule has 4 amide bonds. The molecule has 0 bridgehead atoms. The van der Waals surface area contributed by atoms with E-state index >= 15 is 0 Å². The highest BCUT2D eigenvalue weighted by Gasteiger charge is 2.44. The first-order valence-corrected chi connectivity index (χ1v) is 20.2. The van der Waals surface area contributed by atoms with Crippen LogP contribution in [-0.2, 0) is 38.4 Å². The molecule has 3 aliphatic rings. The maximum atomic E-state index is 14.4. The number of phenolic OH excluding ortho intramolecular Hbond substituents is 2. The molecule has 0 saturated carbocycles. The number of hydrogen-bond donors (Lipinski definition) is 3. The van der Waals surface area contributed by atoms with Gasteiger partial charge in [-0.3, -0.25) is 24.1 Å². The Morgan fingerprint density at radius 2 is 1.33 bits per heavy atom. The van der Waals surface area contributed by atoms with Crippen molar-refractivity contribution in [1.82, 2.24) is 24.9 Å². The summed E-state index contributed by atoms with van der Waals surface area (Å²) in [5.74, 6) is -1.70. The summed E-state index contributed by atoms with van der Waals surface area (Å²) in [6.45, 7) is 6.88. The molecule has 3 heterocycles. The van der Waals surface area contributed by atoms with Gasteiger partial charge in [0.15, 0.2) is 0 Å². The fraction of sp³-hybridized carbons (Fsp3) is 0.391. The van der Waals surface area contributed by atoms with Crippen LogP contribution in [0.25, 0.3) is 11.1 Å². The zero-order chi connectivity index (χ0) is 40.1. The molecule has 0 aliphatic carbocycles. The summed E-state index contributed by atoms with van der Waals surface area (Å²) in [5.41, 5.74) is 5.17. The van der Waals surface area contributed by atoms with E-state index in [-0.39, 0.29) is 41.6 Å². The quantitative estimate of drug-likeness (QED) is 0.159. The molecule has 3 saturated heterocycles. The number of aromatic hydroxyl groups is 2. The van der Waals surface area contributed by atoms with E-state index in [4.69, 9.17) is 0 Å². The van der Waals surface area contributed by atoms with Gasteiger partial charge < -0.3 is 30.2 Å². The van der Waals surface area contributed by atoms with Gasteiger partial charge in [0, 0.05) is 44.8 Å². The molecule has 0 radical (unpaired) electrons. The zero-order valence-corrected chi connectivity index (χ0v) is 32.8. The second-order valence-electron chi connectivity index (χ2n) is 16.1. The number of carbonyl (C=O) groups excluding carboxylic acids is 4. The third kappa shape index (κ3) is 9.31. The molecule has 0 aromatic heterocycles. The molecule has 3 N–H and O–H groups in total. The summed E-state index contributed by atoms with van der Waals surface area (Å²) < 4.78 is 0. The van der Waals surface area contributed by atoms with Crippen LogP contribution in [0.3, 0.4) is 0 Å². The number of nitrogens with zero attached hydrogens (tertiary/aromatic N) is 4. The van der Waals surface area contributed by atoms with Crippen molar-refractivity contribution in [2.24, 2.45) is 5.92 Å². The van der Waals surface area contributed by atoms with Gasteiger partial charge in [0.2, 0.25) is 0 Å². The van der Waals surface area contributed by atoms with E-state index in [2.05, 4.69) is 60.5 Å². The van der Waals surface area contributed by atoms with Gasteiger partial charge in [-0.1, -0.05) is 92.7 Å². The number of nitrogens with one attached hydrogen (secondary N) is 1. The van der Waals surface area contributed by atoms with Crippen LogP contribution < -0.4 is 5.32 Å². The maximum absolute atomic E-state index is 14.4. The highest BCUT2D eigenvalue weighted by Crippen LogP contribution is 2.28. The summed E-state index contributed by atoms with van der Waals surface area (Å²) in [5, 5.41) is 22.8. The average molecular weight is 772 g/mol. The number of benzene rings is 4. The van der Waals surface area contributed by atoms with Gasteiger partial charge in [-0.05, 0) is 96.6 Å². The number of piperazine rings is 2. The van der Waals surface area contributed by atoms with Gasteiger partial charge in [0.05, 0.1) is 12.1 Å². The Kier molecular flexibility index (Phi) is 12.2. The van der Waals surface area contributed by atoms with Gasteiger partial charge in [-0.2, -0.15) is 0 Å². The van der Waals surface area contributed by atoms with Crippen molar-refractivity contribution in [3.8, 4) is 22.6 Å². The smallest absolute Gasteiger partial charge is 0.312 e. The van der Waals surface area contributed by atoms with E-state index in [1.54, 1.807) is 39.0 Å². The Morgan fingerprint density at radius 3 is 2.00 bits per heavy atom. The topological polar surface area (TPSA) is 134 Å². The van der Waals surface area contributed by atoms with E-state index in [9.17, 15) is 29.4 Å². The molecule has 4 aromatic rings. The second-order valence-corrected chi connectivity index (χ2v) is 16.1. The molecule has 1 unspecified atom stereocenters. The molecule has 4 atom stereocenters. The number of likely N-dealkylation sites (tertiary alicyclic amines) is 1. The lowest BCUT2D eigenvalue weighted by atomic mass is 9.96. The van der Waals surface area contributed by atoms with Crippen molar-refractivity contribution in [1.29, 1.82) is 0 Å². The normalized spacial score (nSPS) is 21.0. The van der Waals surface area contributed by atoms with E-state index in [1.165, 1.54) is 0 Å². The lowest BCUT2D eigenvalue weighted by molar-refractivity contribution is -0.161. The Balaban J connectivity index is 1.14. The van der Waals surface area contributed by atoms with Crippen molar-refractivity contribution in [2.75, 3.05) is 39.3 Å². The fourth-order valence-electron chi connectivity index (χ4n) is 8.74. The molecule has 11 nitrogen and oxygen atoms in total. The highest BCUT2D eigenvalue weighted by atomic mass is 16.3. The second kappa shape index (κ2) is 17.6. The number of phenols is 2. The van der Waals surface area contributed by atoms with Crippen LogP contribution >= 0.6 is 0 Å². The number of hydrogen-bond acceptors (Lipinski definition) is 7. The van der Waals surface area contributed by atoms with E-state index in [0.717, 1.165) is 47.2 Å². The third-order valence-electron chi connectivity index (χ3n) is 12.0. The number of amides is 4. The van der Waals surface area contributed by atoms with Crippen LogP contribution in [0, 0.1) is 5.92 Å². The highest BCUT2D eigenvalue weighted by molar-refractivity contribution is 6.36. The minimum absolute atomic E-state index is 0.0171. The van der Waals surface area contributed by atoms with E-state index < -0.39 is 23.6 Å². The van der Waals surface area contributed by atoms with Crippen molar-refractivity contribution in [3.05, 3.63) is 120 Å². The van der Waals surface area contributed by atoms with Gasteiger partial charge >= 0.3 is 23.6 Å². The van der Waals surface area contributed by atoms with Gasteiger partial charge in [0.1, 0.15) is 11.5 Å². The molecular formula is C46H53N5O6. The van der Waals surface area contributed by atoms with Crippen molar-refractivity contribution in [2.45, 2.75) is 70.1 Å². The average Bonchev–Trinajstić information content (AvgIpc) is 3.65. The Hall–Kier alpha value is -5.68. The minimum Gasteiger partial charge on any atom is -0.508 e. The first kappa shape index (κ1) is 39.6. The molecule has 4 aromatic carbocycles. The molecule has 0 spiro atoms. The van der Waals surface area contributed by atoms with Crippen molar-refractivity contribution >= 4 is 23.6 Å². The summed E-state index contributed by atoms with van der Waals surface area (Å²) >= 11 is 0. The summed E-state index contributed by atoms with van der Waals surface area (Å²) in [7, 11) is 0. The standard InChI is InChI=1S/C46H53N5O6/c1-31(2)42-27-47-43(54)44(55)51(42)29-37-9-6-23-48(37)28-38(25-33-12-18-40(52)19-13-33)50-30-39(26-34-14-20-41(53)21-15-34)49(45(56)46(50)57)24-22-32-10-16-36(17-11-32)35-7-4-3-5-8-35/h3-5,7-8,10-21,31,37-39,42,52-53H,6,9,22-30H2,1-2H3,(H,47,54)/t37-,38?,39+,42+/m0/s1. The predicted octanol–water partition coefficient (Wildman–Crippen LogP) is 4.65. The molecular weight excluding hydrogens is 719 g/mol. The fourth-order valence-corrected chi connectivity index (χ4v) is 8.74. The Bertz CT molecular complexity index is 2020. The molecule has 7 rings (SSSR count). The van der Waals surface area contributed by atoms with Gasteiger partial charge in [0.25, 0.3) is 0 Å². The molecule has 3 aliphatic heterocycles. The molecule has 11 heteroatoms. The van der Waals surface area contributed by atoms with Gasteiger partial charge in [-0.15, -0.1) is 0 Å². The Labute approximate surface area is 334 Å². The minimum atomic E-state index is -0.576. The molecule has 298 valence electrons. The largest absolute Gasteiger partial charge is 0.508 e. The lowest BCUT2D eigenvalue weighted by Crippen LogP contribution is -2.65. The molecule has 57 heavy (non-hydrogen) atoms. The van der Waals surface area contributed by atoms with E-state index in [0.29, 0.717) is 52.0 Å². The van der Waals surface area contributed by atoms with Crippen LogP contribution in [0.4, 0.5) is 0 Å². The van der Waals surface area contributed by atoms with Crippen LogP contribution in [0.15, 0.2) is 103 Å². The summed E-state index contributed by atoms with van der Waals surface area (Å²) in [6, 6.07) is 31.6. The summed E-state index contributed by atoms with van der Waals surface area (Å²) in [6.07, 6.45) is 3.29. The van der Waals surface area contributed by atoms with Crippen LogP contribution in [-0.4, -0.2) is 117 Å². The van der Waals surface area contributed by atoms with E-state index in [1.807, 2.05) is 42.5 Å². The van der Waals surface area contributed by atoms with Crippen molar-refractivity contribution < 1.29 is 29.4 Å².